The van der Waals surface area contributed by atoms with Crippen LogP contribution in [0.5, 0.6) is 0 Å². The molecule has 0 N–H and O–H groups in total. The van der Waals surface area contributed by atoms with E-state index in [9.17, 15) is 14.4 Å². The summed E-state index contributed by atoms with van der Waals surface area (Å²) in [6, 6.07) is 0. The van der Waals surface area contributed by atoms with Gasteiger partial charge in [-0.2, -0.15) is 0 Å². The molecule has 6 nitrogen and oxygen atoms in total. The molecule has 0 aliphatic rings. The van der Waals surface area contributed by atoms with Gasteiger partial charge in [-0.3, -0.25) is 14.4 Å². The van der Waals surface area contributed by atoms with Crippen LogP contribution >= 0.6 is 0 Å². The monoisotopic (exact) mass is 895 g/mol. The topological polar surface area (TPSA) is 78.9 Å². The van der Waals surface area contributed by atoms with E-state index in [1.54, 1.807) is 0 Å². The molecule has 1 atom stereocenters. The lowest BCUT2D eigenvalue weighted by atomic mass is 10.0. The van der Waals surface area contributed by atoms with Crippen molar-refractivity contribution >= 4 is 17.9 Å². The minimum atomic E-state index is -0.795. The van der Waals surface area contributed by atoms with Gasteiger partial charge in [0, 0.05) is 19.3 Å². The molecule has 0 bridgehead atoms. The fourth-order valence-corrected chi connectivity index (χ4v) is 7.66. The van der Waals surface area contributed by atoms with E-state index < -0.39 is 6.10 Å². The fraction of sp³-hybridized carbons (Fsp3) is 0.776. The second-order valence-electron chi connectivity index (χ2n) is 18.1. The lowest BCUT2D eigenvalue weighted by Crippen LogP contribution is -2.30. The highest BCUT2D eigenvalue weighted by Crippen LogP contribution is 2.15. The van der Waals surface area contributed by atoms with Crippen LogP contribution in [0.15, 0.2) is 60.8 Å². The van der Waals surface area contributed by atoms with Gasteiger partial charge >= 0.3 is 17.9 Å². The first kappa shape index (κ1) is 61.1. The average molecular weight is 895 g/mol. The number of ether oxygens (including phenoxy) is 3. The molecule has 0 saturated carbocycles. The van der Waals surface area contributed by atoms with Crippen LogP contribution < -0.4 is 0 Å². The van der Waals surface area contributed by atoms with Crippen LogP contribution in [0.3, 0.4) is 0 Å². The van der Waals surface area contributed by atoms with Crippen molar-refractivity contribution < 1.29 is 28.6 Å². The number of hydrogen-bond donors (Lipinski definition) is 0. The van der Waals surface area contributed by atoms with Crippen LogP contribution in [0, 0.1) is 0 Å². The van der Waals surface area contributed by atoms with Crippen molar-refractivity contribution in [2.24, 2.45) is 0 Å². The molecular formula is C58H102O6. The van der Waals surface area contributed by atoms with E-state index in [0.717, 1.165) is 77.0 Å². The first-order valence-corrected chi connectivity index (χ1v) is 27.3. The zero-order chi connectivity index (χ0) is 46.5. The van der Waals surface area contributed by atoms with Gasteiger partial charge < -0.3 is 14.2 Å². The third kappa shape index (κ3) is 50.1. The summed E-state index contributed by atoms with van der Waals surface area (Å²) in [5.74, 6) is -0.928. The number of hydrogen-bond acceptors (Lipinski definition) is 6. The molecule has 6 heteroatoms. The van der Waals surface area contributed by atoms with Gasteiger partial charge in [-0.25, -0.2) is 0 Å². The molecule has 0 rings (SSSR count). The van der Waals surface area contributed by atoms with Gasteiger partial charge in [-0.05, 0) is 83.5 Å². The van der Waals surface area contributed by atoms with Crippen molar-refractivity contribution in [1.82, 2.24) is 0 Å². The molecule has 0 amide bonds. The smallest absolute Gasteiger partial charge is 0.306 e. The number of carbonyl (C=O) groups excluding carboxylic acids is 3. The third-order valence-electron chi connectivity index (χ3n) is 11.8. The standard InChI is InChI=1S/C58H102O6/c1-4-7-10-13-16-19-22-25-27-28-29-31-33-36-39-42-45-48-51-57(60)63-54-55(53-62-56(59)50-47-44-41-38-35-32-24-21-18-15-12-9-6-3)64-58(61)52-49-46-43-40-37-34-30-26-23-20-17-14-11-8-5-2/h8,11,17,20,26-28,30,37,40,55H,4-7,9-10,12-16,18-19,21-25,29,31-36,38-39,41-54H2,1-3H3/b11-8-,20-17-,28-27-,30-26-,40-37-. The van der Waals surface area contributed by atoms with Crippen LogP contribution in [0.1, 0.15) is 271 Å². The highest BCUT2D eigenvalue weighted by atomic mass is 16.6. The quantitative estimate of drug-likeness (QED) is 0.0262. The Morgan fingerprint density at radius 1 is 0.328 bits per heavy atom. The van der Waals surface area contributed by atoms with Crippen LogP contribution in [-0.4, -0.2) is 37.2 Å². The molecule has 1 unspecified atom stereocenters. The minimum Gasteiger partial charge on any atom is -0.462 e. The summed E-state index contributed by atoms with van der Waals surface area (Å²) < 4.78 is 16.8. The molecule has 0 aliphatic carbocycles. The average Bonchev–Trinajstić information content (AvgIpc) is 3.29. The van der Waals surface area contributed by atoms with Crippen LogP contribution in [-0.2, 0) is 28.6 Å². The Morgan fingerprint density at radius 3 is 1.00 bits per heavy atom. The van der Waals surface area contributed by atoms with Crippen molar-refractivity contribution in [3.63, 3.8) is 0 Å². The van der Waals surface area contributed by atoms with Crippen LogP contribution in [0.25, 0.3) is 0 Å². The Hall–Kier alpha value is -2.89. The maximum absolute atomic E-state index is 12.8. The van der Waals surface area contributed by atoms with Gasteiger partial charge in [0.1, 0.15) is 13.2 Å². The van der Waals surface area contributed by atoms with Crippen LogP contribution in [0.4, 0.5) is 0 Å². The van der Waals surface area contributed by atoms with E-state index in [1.165, 1.54) is 148 Å². The summed E-state index contributed by atoms with van der Waals surface area (Å²) in [6.07, 6.45) is 64.9. The van der Waals surface area contributed by atoms with E-state index in [-0.39, 0.29) is 37.5 Å². The van der Waals surface area contributed by atoms with Gasteiger partial charge in [0.2, 0.25) is 0 Å². The molecule has 64 heavy (non-hydrogen) atoms. The van der Waals surface area contributed by atoms with Crippen molar-refractivity contribution in [3.05, 3.63) is 60.8 Å². The van der Waals surface area contributed by atoms with Gasteiger partial charge in [0.25, 0.3) is 0 Å². The molecule has 0 radical (unpaired) electrons. The Labute approximate surface area is 396 Å². The largest absolute Gasteiger partial charge is 0.462 e. The first-order chi connectivity index (χ1) is 31.5. The number of carbonyl (C=O) groups is 3. The molecule has 370 valence electrons. The van der Waals surface area contributed by atoms with Gasteiger partial charge in [0.05, 0.1) is 0 Å². The zero-order valence-corrected chi connectivity index (χ0v) is 42.3. The van der Waals surface area contributed by atoms with E-state index in [2.05, 4.69) is 81.5 Å². The highest BCUT2D eigenvalue weighted by Gasteiger charge is 2.19. The summed E-state index contributed by atoms with van der Waals surface area (Å²) in [4.78, 5) is 38.0. The molecule has 0 heterocycles. The lowest BCUT2D eigenvalue weighted by molar-refractivity contribution is -0.167. The van der Waals surface area contributed by atoms with Crippen molar-refractivity contribution in [3.8, 4) is 0 Å². The number of allylic oxidation sites excluding steroid dienone is 10. The predicted molar refractivity (Wildman–Crippen MR) is 275 cm³/mol. The Kier molecular flexibility index (Phi) is 50.4. The summed E-state index contributed by atoms with van der Waals surface area (Å²) >= 11 is 0. The maximum atomic E-state index is 12.8. The second-order valence-corrected chi connectivity index (χ2v) is 18.1. The molecule has 0 spiro atoms. The molecule has 0 aromatic rings. The Balaban J connectivity index is 4.41. The van der Waals surface area contributed by atoms with Gasteiger partial charge in [0.15, 0.2) is 6.10 Å². The maximum Gasteiger partial charge on any atom is 0.306 e. The van der Waals surface area contributed by atoms with E-state index in [1.807, 2.05) is 0 Å². The van der Waals surface area contributed by atoms with E-state index in [0.29, 0.717) is 19.3 Å². The normalized spacial score (nSPS) is 12.5. The Bertz CT molecular complexity index is 1170. The van der Waals surface area contributed by atoms with E-state index in [4.69, 9.17) is 14.2 Å². The van der Waals surface area contributed by atoms with Crippen molar-refractivity contribution in [1.29, 1.82) is 0 Å². The van der Waals surface area contributed by atoms with Crippen molar-refractivity contribution in [2.75, 3.05) is 13.2 Å². The highest BCUT2D eigenvalue weighted by molar-refractivity contribution is 5.71. The molecular weight excluding hydrogens is 793 g/mol. The SMILES string of the molecule is CC/C=C\C/C=C\C/C=C\C/C=C\CCCCC(=O)OC(COC(=O)CCCCCCCCC/C=C\CCCCCCCCC)COC(=O)CCCCCCCCCCCCCCC. The summed E-state index contributed by atoms with van der Waals surface area (Å²) in [7, 11) is 0. The van der Waals surface area contributed by atoms with Gasteiger partial charge in [-0.15, -0.1) is 0 Å². The lowest BCUT2D eigenvalue weighted by Gasteiger charge is -2.18. The minimum absolute atomic E-state index is 0.0900. The molecule has 0 saturated heterocycles. The molecule has 0 aromatic carbocycles. The summed E-state index contributed by atoms with van der Waals surface area (Å²) in [6.45, 7) is 6.50. The second kappa shape index (κ2) is 52.7. The third-order valence-corrected chi connectivity index (χ3v) is 11.8. The predicted octanol–water partition coefficient (Wildman–Crippen LogP) is 18.0. The van der Waals surface area contributed by atoms with Crippen LogP contribution in [0.2, 0.25) is 0 Å². The van der Waals surface area contributed by atoms with Gasteiger partial charge in [-0.1, -0.05) is 229 Å². The van der Waals surface area contributed by atoms with E-state index >= 15 is 0 Å². The first-order valence-electron chi connectivity index (χ1n) is 27.3. The summed E-state index contributed by atoms with van der Waals surface area (Å²) in [5, 5.41) is 0. The number of unbranched alkanes of at least 4 members (excludes halogenated alkanes) is 28. The summed E-state index contributed by atoms with van der Waals surface area (Å²) in [5.41, 5.74) is 0. The molecule has 0 aliphatic heterocycles. The molecule has 0 aromatic heterocycles. The number of esters is 3. The van der Waals surface area contributed by atoms with Crippen molar-refractivity contribution in [2.45, 2.75) is 277 Å². The molecule has 0 fully saturated rings. The number of rotatable bonds is 49. The zero-order valence-electron chi connectivity index (χ0n) is 42.3. The fourth-order valence-electron chi connectivity index (χ4n) is 7.66. The Morgan fingerprint density at radius 2 is 0.609 bits per heavy atom.